The average molecular weight is 456 g/mol. The SMILES string of the molecule is CCCN1C(=O)C(CC(C)C)NC(=O)C12CCN(Cc1ccc(Br)s1)CC2. The van der Waals surface area contributed by atoms with E-state index in [1.54, 1.807) is 11.3 Å². The molecule has 1 spiro atoms. The van der Waals surface area contributed by atoms with Crippen molar-refractivity contribution < 1.29 is 9.59 Å². The normalized spacial score (nSPS) is 23.3. The molecule has 5 nitrogen and oxygen atoms in total. The first-order chi connectivity index (χ1) is 12.9. The Morgan fingerprint density at radius 1 is 1.30 bits per heavy atom. The fraction of sp³-hybridized carbons (Fsp3) is 0.700. The fourth-order valence-electron chi connectivity index (χ4n) is 4.29. The lowest BCUT2D eigenvalue weighted by molar-refractivity contribution is -0.161. The molecule has 1 unspecified atom stereocenters. The maximum Gasteiger partial charge on any atom is 0.246 e. The third-order valence-electron chi connectivity index (χ3n) is 5.65. The average Bonchev–Trinajstić information content (AvgIpc) is 3.03. The van der Waals surface area contributed by atoms with Gasteiger partial charge in [0.05, 0.1) is 3.79 Å². The smallest absolute Gasteiger partial charge is 0.246 e. The molecule has 0 radical (unpaired) electrons. The van der Waals surface area contributed by atoms with Crippen molar-refractivity contribution in [3.05, 3.63) is 20.8 Å². The zero-order valence-corrected chi connectivity index (χ0v) is 18.9. The number of thiophene rings is 1. The number of amides is 2. The van der Waals surface area contributed by atoms with E-state index in [0.717, 1.165) is 29.8 Å². The Morgan fingerprint density at radius 3 is 2.56 bits per heavy atom. The quantitative estimate of drug-likeness (QED) is 0.712. The zero-order valence-electron chi connectivity index (χ0n) is 16.5. The van der Waals surface area contributed by atoms with E-state index in [9.17, 15) is 9.59 Å². The van der Waals surface area contributed by atoms with Crippen LogP contribution in [0.5, 0.6) is 0 Å². The van der Waals surface area contributed by atoms with Crippen LogP contribution in [0.1, 0.15) is 51.3 Å². The van der Waals surface area contributed by atoms with Crippen LogP contribution in [0.15, 0.2) is 15.9 Å². The summed E-state index contributed by atoms with van der Waals surface area (Å²) in [6, 6.07) is 3.86. The van der Waals surface area contributed by atoms with E-state index in [2.05, 4.69) is 59.1 Å². The van der Waals surface area contributed by atoms with Gasteiger partial charge < -0.3 is 10.2 Å². The van der Waals surface area contributed by atoms with Crippen LogP contribution in [0, 0.1) is 5.92 Å². The molecule has 1 aromatic heterocycles. The van der Waals surface area contributed by atoms with Crippen LogP contribution in [-0.4, -0.2) is 52.8 Å². The standard InChI is InChI=1S/C20H30BrN3O2S/c1-4-9-24-18(25)16(12-14(2)3)22-19(26)20(24)7-10-23(11-8-20)13-15-5-6-17(21)27-15/h5-6,14,16H,4,7-13H2,1-3H3,(H,22,26). The summed E-state index contributed by atoms with van der Waals surface area (Å²) in [6.45, 7) is 9.51. The highest BCUT2D eigenvalue weighted by atomic mass is 79.9. The number of likely N-dealkylation sites (tertiary alicyclic amines) is 1. The Hall–Kier alpha value is -0.920. The Labute approximate surface area is 174 Å². The van der Waals surface area contributed by atoms with E-state index in [1.807, 2.05) is 4.90 Å². The molecule has 150 valence electrons. The van der Waals surface area contributed by atoms with Gasteiger partial charge in [0, 0.05) is 31.1 Å². The summed E-state index contributed by atoms with van der Waals surface area (Å²) in [5.74, 6) is 0.546. The second-order valence-corrected chi connectivity index (χ2v) is 10.7. The second kappa shape index (κ2) is 8.62. The Balaban J connectivity index is 1.71. The molecule has 27 heavy (non-hydrogen) atoms. The highest BCUT2D eigenvalue weighted by molar-refractivity contribution is 9.11. The summed E-state index contributed by atoms with van der Waals surface area (Å²) in [6.07, 6.45) is 3.01. The molecule has 7 heteroatoms. The number of piperidine rings is 1. The maximum atomic E-state index is 13.1. The minimum Gasteiger partial charge on any atom is -0.342 e. The Kier molecular flexibility index (Phi) is 6.64. The third-order valence-corrected chi connectivity index (χ3v) is 7.26. The van der Waals surface area contributed by atoms with Crippen molar-refractivity contribution in [3.63, 3.8) is 0 Å². The number of rotatable bonds is 6. The van der Waals surface area contributed by atoms with Gasteiger partial charge in [-0.3, -0.25) is 14.5 Å². The van der Waals surface area contributed by atoms with E-state index in [1.165, 1.54) is 4.88 Å². The third kappa shape index (κ3) is 4.40. The van der Waals surface area contributed by atoms with Gasteiger partial charge in [-0.25, -0.2) is 0 Å². The summed E-state index contributed by atoms with van der Waals surface area (Å²) in [4.78, 5) is 31.9. The molecule has 1 aromatic rings. The van der Waals surface area contributed by atoms with Crippen LogP contribution >= 0.6 is 27.3 Å². The lowest BCUT2D eigenvalue weighted by Gasteiger charge is -2.51. The van der Waals surface area contributed by atoms with E-state index in [4.69, 9.17) is 0 Å². The number of hydrogen-bond donors (Lipinski definition) is 1. The molecule has 2 saturated heterocycles. The van der Waals surface area contributed by atoms with Crippen LogP contribution in [-0.2, 0) is 16.1 Å². The molecule has 0 aromatic carbocycles. The minimum atomic E-state index is -0.660. The molecule has 3 heterocycles. The van der Waals surface area contributed by atoms with Gasteiger partial charge >= 0.3 is 0 Å². The second-order valence-electron chi connectivity index (χ2n) is 8.16. The summed E-state index contributed by atoms with van der Waals surface area (Å²) in [5, 5.41) is 3.06. The minimum absolute atomic E-state index is 0.0553. The van der Waals surface area contributed by atoms with Crippen LogP contribution in [0.25, 0.3) is 0 Å². The molecule has 1 N–H and O–H groups in total. The molecule has 0 aliphatic carbocycles. The largest absolute Gasteiger partial charge is 0.342 e. The van der Waals surface area contributed by atoms with Crippen LogP contribution in [0.4, 0.5) is 0 Å². The van der Waals surface area contributed by atoms with Crippen molar-refractivity contribution >= 4 is 39.1 Å². The van der Waals surface area contributed by atoms with Gasteiger partial charge in [-0.1, -0.05) is 20.8 Å². The molecule has 1 atom stereocenters. The topological polar surface area (TPSA) is 52.7 Å². The van der Waals surface area contributed by atoms with Gasteiger partial charge in [0.2, 0.25) is 11.8 Å². The fourth-order valence-corrected chi connectivity index (χ4v) is 5.82. The highest BCUT2D eigenvalue weighted by Gasteiger charge is 2.53. The van der Waals surface area contributed by atoms with Gasteiger partial charge in [-0.15, -0.1) is 11.3 Å². The number of hydrogen-bond acceptors (Lipinski definition) is 4. The first-order valence-electron chi connectivity index (χ1n) is 9.94. The van der Waals surface area contributed by atoms with Gasteiger partial charge in [0.1, 0.15) is 11.6 Å². The number of halogens is 1. The summed E-state index contributed by atoms with van der Waals surface area (Å²) >= 11 is 5.27. The molecule has 2 aliphatic heterocycles. The van der Waals surface area contributed by atoms with E-state index < -0.39 is 5.54 Å². The van der Waals surface area contributed by atoms with Crippen molar-refractivity contribution in [2.75, 3.05) is 19.6 Å². The maximum absolute atomic E-state index is 13.1. The van der Waals surface area contributed by atoms with Crippen molar-refractivity contribution in [1.29, 1.82) is 0 Å². The van der Waals surface area contributed by atoms with Crippen molar-refractivity contribution in [3.8, 4) is 0 Å². The summed E-state index contributed by atoms with van der Waals surface area (Å²) < 4.78 is 1.15. The number of piperazine rings is 1. The molecule has 2 fully saturated rings. The first kappa shape index (κ1) is 20.8. The van der Waals surface area contributed by atoms with Gasteiger partial charge in [0.15, 0.2) is 0 Å². The summed E-state index contributed by atoms with van der Waals surface area (Å²) in [7, 11) is 0. The highest BCUT2D eigenvalue weighted by Crippen LogP contribution is 2.35. The zero-order chi connectivity index (χ0) is 19.6. The van der Waals surface area contributed by atoms with E-state index in [0.29, 0.717) is 31.7 Å². The lowest BCUT2D eigenvalue weighted by atomic mass is 9.81. The van der Waals surface area contributed by atoms with Crippen LogP contribution in [0.3, 0.4) is 0 Å². The summed E-state index contributed by atoms with van der Waals surface area (Å²) in [5.41, 5.74) is -0.660. The number of nitrogens with one attached hydrogen (secondary N) is 1. The number of carbonyl (C=O) groups excluding carboxylic acids is 2. The van der Waals surface area contributed by atoms with Gasteiger partial charge in [0.25, 0.3) is 0 Å². The molecule has 2 amide bonds. The van der Waals surface area contributed by atoms with Crippen molar-refractivity contribution in [1.82, 2.24) is 15.1 Å². The van der Waals surface area contributed by atoms with Crippen LogP contribution in [0.2, 0.25) is 0 Å². The molecular formula is C20H30BrN3O2S. The van der Waals surface area contributed by atoms with Crippen LogP contribution < -0.4 is 5.32 Å². The van der Waals surface area contributed by atoms with Crippen molar-refractivity contribution in [2.45, 2.75) is 64.6 Å². The number of nitrogens with zero attached hydrogens (tertiary/aromatic N) is 2. The molecule has 0 saturated carbocycles. The first-order valence-corrected chi connectivity index (χ1v) is 11.6. The molecule has 0 bridgehead atoms. The molecule has 2 aliphatic rings. The Morgan fingerprint density at radius 2 is 2.00 bits per heavy atom. The predicted molar refractivity (Wildman–Crippen MR) is 113 cm³/mol. The number of carbonyl (C=O) groups is 2. The Bertz CT molecular complexity index is 683. The predicted octanol–water partition coefficient (Wildman–Crippen LogP) is 3.63. The molecule has 3 rings (SSSR count). The van der Waals surface area contributed by atoms with E-state index in [-0.39, 0.29) is 17.9 Å². The lowest BCUT2D eigenvalue weighted by Crippen LogP contribution is -2.72. The monoisotopic (exact) mass is 455 g/mol. The van der Waals surface area contributed by atoms with E-state index >= 15 is 0 Å². The molecular weight excluding hydrogens is 426 g/mol. The van der Waals surface area contributed by atoms with Crippen molar-refractivity contribution in [2.24, 2.45) is 5.92 Å². The van der Waals surface area contributed by atoms with Gasteiger partial charge in [-0.05, 0) is 59.7 Å². The van der Waals surface area contributed by atoms with Gasteiger partial charge in [-0.2, -0.15) is 0 Å².